The molecule has 116 valence electrons. The Morgan fingerprint density at radius 1 is 1.29 bits per heavy atom. The van der Waals surface area contributed by atoms with Crippen molar-refractivity contribution in [3.8, 4) is 0 Å². The van der Waals surface area contributed by atoms with Gasteiger partial charge in [0.1, 0.15) is 0 Å². The molecule has 4 nitrogen and oxygen atoms in total. The van der Waals surface area contributed by atoms with Gasteiger partial charge in [0.15, 0.2) is 0 Å². The Hall–Kier alpha value is -0.780. The zero-order valence-electron chi connectivity index (χ0n) is 11.9. The van der Waals surface area contributed by atoms with Crippen LogP contribution in [0, 0.1) is 6.92 Å². The molecule has 1 aliphatic carbocycles. The Balaban J connectivity index is 2.38. The first-order valence-electron chi connectivity index (χ1n) is 6.70. The molecular formula is C14H17Cl2NO3S. The molecule has 0 saturated heterocycles. The summed E-state index contributed by atoms with van der Waals surface area (Å²) in [4.78, 5) is 12.3. The summed E-state index contributed by atoms with van der Waals surface area (Å²) in [6, 6.07) is 2.53. The van der Waals surface area contributed by atoms with Crippen LogP contribution in [0.1, 0.15) is 48.5 Å². The number of nitrogens with one attached hydrogen (secondary N) is 1. The summed E-state index contributed by atoms with van der Waals surface area (Å²) >= 11 is 6.02. The number of hydrogen-bond acceptors (Lipinski definition) is 3. The Morgan fingerprint density at radius 3 is 2.38 bits per heavy atom. The molecule has 1 aromatic carbocycles. The fourth-order valence-electron chi connectivity index (χ4n) is 2.65. The third-order valence-electron chi connectivity index (χ3n) is 3.97. The molecular weight excluding hydrogens is 333 g/mol. The molecule has 0 aromatic heterocycles. The van der Waals surface area contributed by atoms with Gasteiger partial charge in [-0.2, -0.15) is 0 Å². The Labute approximate surface area is 134 Å². The summed E-state index contributed by atoms with van der Waals surface area (Å²) in [7, 11) is 1.41. The standard InChI is InChI=1S/C14H17Cl2NO3S/c1-9-11(7-10(8-12(9)15)21(16,19)20)13(18)17-14(2)5-3-4-6-14/h7-8H,3-6H2,1-2H3,(H,17,18). The van der Waals surface area contributed by atoms with Crippen LogP contribution in [0.25, 0.3) is 0 Å². The summed E-state index contributed by atoms with van der Waals surface area (Å²) in [5, 5.41) is 3.19. The highest BCUT2D eigenvalue weighted by molar-refractivity contribution is 8.13. The van der Waals surface area contributed by atoms with Crippen LogP contribution in [0.5, 0.6) is 0 Å². The minimum absolute atomic E-state index is 0.165. The number of carbonyl (C=O) groups is 1. The summed E-state index contributed by atoms with van der Waals surface area (Å²) in [6.45, 7) is 3.68. The number of rotatable bonds is 3. The second-order valence-corrected chi connectivity index (χ2v) is 8.71. The van der Waals surface area contributed by atoms with Gasteiger partial charge in [-0.3, -0.25) is 4.79 Å². The minimum atomic E-state index is -3.93. The van der Waals surface area contributed by atoms with E-state index in [1.165, 1.54) is 12.1 Å². The molecule has 1 aromatic rings. The monoisotopic (exact) mass is 349 g/mol. The van der Waals surface area contributed by atoms with Crippen LogP contribution in [-0.2, 0) is 9.05 Å². The topological polar surface area (TPSA) is 63.2 Å². The third-order valence-corrected chi connectivity index (χ3v) is 5.69. The van der Waals surface area contributed by atoms with Crippen molar-refractivity contribution in [3.63, 3.8) is 0 Å². The molecule has 0 bridgehead atoms. The molecule has 1 fully saturated rings. The Kier molecular flexibility index (Phi) is 4.57. The Bertz CT molecular complexity index is 680. The smallest absolute Gasteiger partial charge is 0.261 e. The van der Waals surface area contributed by atoms with Gasteiger partial charge in [-0.1, -0.05) is 24.4 Å². The molecule has 1 aliphatic rings. The van der Waals surface area contributed by atoms with Crippen molar-refractivity contribution < 1.29 is 13.2 Å². The maximum Gasteiger partial charge on any atom is 0.261 e. The number of carbonyl (C=O) groups excluding carboxylic acids is 1. The lowest BCUT2D eigenvalue weighted by atomic mass is 9.99. The van der Waals surface area contributed by atoms with E-state index in [1.807, 2.05) is 6.92 Å². The molecule has 0 heterocycles. The molecule has 0 atom stereocenters. The molecule has 1 amide bonds. The number of amides is 1. The van der Waals surface area contributed by atoms with E-state index in [9.17, 15) is 13.2 Å². The van der Waals surface area contributed by atoms with Crippen molar-refractivity contribution in [2.45, 2.75) is 50.0 Å². The average molecular weight is 350 g/mol. The highest BCUT2D eigenvalue weighted by Gasteiger charge is 2.31. The lowest BCUT2D eigenvalue weighted by Gasteiger charge is -2.26. The largest absolute Gasteiger partial charge is 0.347 e. The van der Waals surface area contributed by atoms with Crippen LogP contribution in [-0.4, -0.2) is 19.9 Å². The zero-order valence-corrected chi connectivity index (χ0v) is 14.2. The van der Waals surface area contributed by atoms with Crippen molar-refractivity contribution in [1.82, 2.24) is 5.32 Å². The molecule has 21 heavy (non-hydrogen) atoms. The molecule has 2 rings (SSSR count). The molecule has 0 radical (unpaired) electrons. The van der Waals surface area contributed by atoms with Crippen LogP contribution in [0.4, 0.5) is 0 Å². The first-order chi connectivity index (χ1) is 9.62. The summed E-state index contributed by atoms with van der Waals surface area (Å²) < 4.78 is 22.9. The molecule has 0 aliphatic heterocycles. The highest BCUT2D eigenvalue weighted by atomic mass is 35.7. The molecule has 0 spiro atoms. The van der Waals surface area contributed by atoms with Crippen molar-refractivity contribution in [3.05, 3.63) is 28.3 Å². The lowest BCUT2D eigenvalue weighted by molar-refractivity contribution is 0.0907. The van der Waals surface area contributed by atoms with Crippen LogP contribution in [0.15, 0.2) is 17.0 Å². The quantitative estimate of drug-likeness (QED) is 0.847. The minimum Gasteiger partial charge on any atom is -0.347 e. The van der Waals surface area contributed by atoms with Gasteiger partial charge >= 0.3 is 0 Å². The van der Waals surface area contributed by atoms with E-state index in [4.69, 9.17) is 22.3 Å². The van der Waals surface area contributed by atoms with E-state index >= 15 is 0 Å². The summed E-state index contributed by atoms with van der Waals surface area (Å²) in [6.07, 6.45) is 3.98. The van der Waals surface area contributed by atoms with Crippen LogP contribution in [0.2, 0.25) is 5.02 Å². The van der Waals surface area contributed by atoms with Gasteiger partial charge in [0.05, 0.1) is 4.90 Å². The van der Waals surface area contributed by atoms with E-state index in [-0.39, 0.29) is 26.9 Å². The maximum absolute atomic E-state index is 12.5. The first-order valence-corrected chi connectivity index (χ1v) is 9.38. The average Bonchev–Trinajstić information content (AvgIpc) is 2.77. The van der Waals surface area contributed by atoms with Gasteiger partial charge in [-0.25, -0.2) is 8.42 Å². The van der Waals surface area contributed by atoms with Gasteiger partial charge in [-0.15, -0.1) is 0 Å². The number of benzene rings is 1. The fraction of sp³-hybridized carbons (Fsp3) is 0.500. The van der Waals surface area contributed by atoms with Crippen LogP contribution in [0.3, 0.4) is 0 Å². The predicted octanol–water partition coefficient (Wildman–Crippen LogP) is 3.64. The predicted molar refractivity (Wildman–Crippen MR) is 83.6 cm³/mol. The van der Waals surface area contributed by atoms with Crippen molar-refractivity contribution in [1.29, 1.82) is 0 Å². The third kappa shape index (κ3) is 3.71. The Morgan fingerprint density at radius 2 is 1.86 bits per heavy atom. The molecule has 7 heteroatoms. The molecule has 0 unspecified atom stereocenters. The molecule has 1 N–H and O–H groups in total. The van der Waals surface area contributed by atoms with Gasteiger partial charge in [0.25, 0.3) is 15.0 Å². The van der Waals surface area contributed by atoms with Gasteiger partial charge < -0.3 is 5.32 Å². The molecule has 1 saturated carbocycles. The first kappa shape index (κ1) is 16.6. The van der Waals surface area contributed by atoms with E-state index in [0.717, 1.165) is 25.7 Å². The normalized spacial score (nSPS) is 17.7. The van der Waals surface area contributed by atoms with Gasteiger partial charge in [-0.05, 0) is 44.4 Å². The van der Waals surface area contributed by atoms with Crippen LogP contribution < -0.4 is 5.32 Å². The lowest BCUT2D eigenvalue weighted by Crippen LogP contribution is -2.43. The zero-order chi connectivity index (χ0) is 15.8. The maximum atomic E-state index is 12.5. The SMILES string of the molecule is Cc1c(Cl)cc(S(=O)(=O)Cl)cc1C(=O)NC1(C)CCCC1. The van der Waals surface area contributed by atoms with Crippen molar-refractivity contribution in [2.75, 3.05) is 0 Å². The summed E-state index contributed by atoms with van der Waals surface area (Å²) in [5.41, 5.74) is 0.543. The summed E-state index contributed by atoms with van der Waals surface area (Å²) in [5.74, 6) is -0.319. The number of halogens is 2. The fourth-order valence-corrected chi connectivity index (χ4v) is 3.72. The van der Waals surface area contributed by atoms with Gasteiger partial charge in [0, 0.05) is 26.8 Å². The highest BCUT2D eigenvalue weighted by Crippen LogP contribution is 2.31. The van der Waals surface area contributed by atoms with Crippen LogP contribution >= 0.6 is 22.3 Å². The van der Waals surface area contributed by atoms with E-state index in [0.29, 0.717) is 5.56 Å². The van der Waals surface area contributed by atoms with E-state index in [1.54, 1.807) is 6.92 Å². The van der Waals surface area contributed by atoms with E-state index in [2.05, 4.69) is 5.32 Å². The second-order valence-electron chi connectivity index (χ2n) is 5.74. The van der Waals surface area contributed by atoms with Gasteiger partial charge in [0.2, 0.25) is 0 Å². The van der Waals surface area contributed by atoms with Crippen molar-refractivity contribution >= 4 is 37.2 Å². The van der Waals surface area contributed by atoms with E-state index < -0.39 is 9.05 Å². The second kappa shape index (κ2) is 5.78. The van der Waals surface area contributed by atoms with Crippen molar-refractivity contribution in [2.24, 2.45) is 0 Å². The number of hydrogen-bond donors (Lipinski definition) is 1.